The van der Waals surface area contributed by atoms with E-state index in [1.165, 1.54) is 0 Å². The molecular formula is C3KNaO7. The maximum absolute atomic E-state index is 9.78. The molecule has 0 heterocycles. The summed E-state index contributed by atoms with van der Waals surface area (Å²) >= 11 is 0. The number of rotatable bonds is 0. The zero-order valence-corrected chi connectivity index (χ0v) is 11.5. The van der Waals surface area contributed by atoms with E-state index in [0.717, 1.165) is 0 Å². The third-order valence-electron chi connectivity index (χ3n) is 0.333. The third-order valence-corrected chi connectivity index (χ3v) is 0.333. The Kier molecular flexibility index (Phi) is 15.4. The Morgan fingerprint density at radius 3 is 1.33 bits per heavy atom. The van der Waals surface area contributed by atoms with E-state index in [0.29, 0.717) is 0 Å². The molecule has 12 heavy (non-hydrogen) atoms. The monoisotopic (exact) mass is 210 g/mol. The van der Waals surface area contributed by atoms with Crippen LogP contribution in [0.3, 0.4) is 0 Å². The normalized spacial score (nSPS) is 6.67. The van der Waals surface area contributed by atoms with Crippen molar-refractivity contribution in [3.05, 3.63) is 0 Å². The summed E-state index contributed by atoms with van der Waals surface area (Å²) < 4.78 is 6.17. The van der Waals surface area contributed by atoms with Crippen molar-refractivity contribution in [2.45, 2.75) is 0 Å². The third kappa shape index (κ3) is 13.4. The molecule has 0 aliphatic carbocycles. The Morgan fingerprint density at radius 2 is 1.17 bits per heavy atom. The van der Waals surface area contributed by atoms with Gasteiger partial charge in [0.1, 0.15) is 0 Å². The molecule has 0 N–H and O–H groups in total. The number of carboxylic acid groups (broad SMARTS) is 2. The van der Waals surface area contributed by atoms with Crippen LogP contribution in [0.4, 0.5) is 14.4 Å². The molecule has 0 saturated carbocycles. The SMILES string of the molecule is O=C([O-])OC(=O)OC(=O)[O-].[K+].[Na+]. The van der Waals surface area contributed by atoms with E-state index in [9.17, 15) is 24.6 Å². The first kappa shape index (κ1) is 18.6. The summed E-state index contributed by atoms with van der Waals surface area (Å²) in [6.07, 6.45) is -6.32. The van der Waals surface area contributed by atoms with Crippen molar-refractivity contribution in [3.8, 4) is 0 Å². The van der Waals surface area contributed by atoms with Crippen LogP contribution >= 0.6 is 0 Å². The van der Waals surface area contributed by atoms with Gasteiger partial charge in [0.25, 0.3) is 12.3 Å². The van der Waals surface area contributed by atoms with Crippen molar-refractivity contribution in [3.63, 3.8) is 0 Å². The maximum atomic E-state index is 9.78. The van der Waals surface area contributed by atoms with Crippen LogP contribution in [0.25, 0.3) is 0 Å². The number of carbonyl (C=O) groups is 3. The molecule has 0 aromatic rings. The molecule has 0 amide bonds. The average Bonchev–Trinajstić information content (AvgIpc) is 1.58. The number of hydrogen-bond acceptors (Lipinski definition) is 7. The van der Waals surface area contributed by atoms with Gasteiger partial charge >= 0.3 is 87.1 Å². The van der Waals surface area contributed by atoms with Crippen molar-refractivity contribution in [1.29, 1.82) is 0 Å². The zero-order valence-electron chi connectivity index (χ0n) is 6.36. The van der Waals surface area contributed by atoms with Crippen molar-refractivity contribution < 1.29 is 115 Å². The predicted octanol–water partition coefficient (Wildman–Crippen LogP) is -8.17. The Hall–Kier alpha value is 0.846. The van der Waals surface area contributed by atoms with E-state index >= 15 is 0 Å². The van der Waals surface area contributed by atoms with Crippen LogP contribution in [-0.4, -0.2) is 18.5 Å². The predicted molar refractivity (Wildman–Crippen MR) is 18.4 cm³/mol. The summed E-state index contributed by atoms with van der Waals surface area (Å²) in [4.78, 5) is 28.5. The summed E-state index contributed by atoms with van der Waals surface area (Å²) in [6, 6.07) is 0. The minimum atomic E-state index is -2.20. The maximum Gasteiger partial charge on any atom is 1.00 e. The number of carbonyl (C=O) groups excluding carboxylic acids is 3. The molecule has 7 nitrogen and oxygen atoms in total. The Morgan fingerprint density at radius 1 is 0.917 bits per heavy atom. The van der Waals surface area contributed by atoms with Crippen LogP contribution in [0.1, 0.15) is 0 Å². The van der Waals surface area contributed by atoms with Gasteiger partial charge in [-0.05, 0) is 0 Å². The topological polar surface area (TPSA) is 116 Å². The molecular weight excluding hydrogens is 210 g/mol. The molecule has 56 valence electrons. The number of ether oxygens (including phenoxy) is 2. The standard InChI is InChI=1S/C3H2O7.K.Na/c4-1(5)9-3(8)10-2(6)7;;/h(H,4,5)(H,6,7);;/q;2*+1/p-2. The Bertz CT molecular complexity index is 161. The molecule has 0 aromatic heterocycles. The van der Waals surface area contributed by atoms with Crippen LogP contribution in [0.15, 0.2) is 0 Å². The minimum Gasteiger partial charge on any atom is -0.467 e. The van der Waals surface area contributed by atoms with E-state index < -0.39 is 18.5 Å². The Labute approximate surface area is 131 Å². The molecule has 0 aliphatic rings. The molecule has 0 spiro atoms. The van der Waals surface area contributed by atoms with Gasteiger partial charge in [-0.15, -0.1) is 0 Å². The molecule has 0 fully saturated rings. The van der Waals surface area contributed by atoms with Crippen LogP contribution in [0.2, 0.25) is 0 Å². The second-order valence-corrected chi connectivity index (χ2v) is 0.954. The summed E-state index contributed by atoms with van der Waals surface area (Å²) in [5.74, 6) is 0. The fraction of sp³-hybridized carbons (Fsp3) is 0. The zero-order chi connectivity index (χ0) is 8.15. The largest absolute Gasteiger partial charge is 1.00 e. The van der Waals surface area contributed by atoms with Gasteiger partial charge in [0, 0.05) is 0 Å². The first-order valence-electron chi connectivity index (χ1n) is 1.84. The van der Waals surface area contributed by atoms with Gasteiger partial charge in [0.2, 0.25) is 0 Å². The first-order chi connectivity index (χ1) is 4.52. The van der Waals surface area contributed by atoms with E-state index in [2.05, 4.69) is 9.47 Å². The van der Waals surface area contributed by atoms with Crippen LogP contribution in [0, 0.1) is 0 Å². The van der Waals surface area contributed by atoms with Gasteiger partial charge in [-0.25, -0.2) is 4.79 Å². The van der Waals surface area contributed by atoms with E-state index in [1.54, 1.807) is 0 Å². The van der Waals surface area contributed by atoms with Crippen molar-refractivity contribution >= 4 is 18.5 Å². The quantitative estimate of drug-likeness (QED) is 0.221. The molecule has 0 atom stereocenters. The number of hydrogen-bond donors (Lipinski definition) is 0. The van der Waals surface area contributed by atoms with Crippen molar-refractivity contribution in [1.82, 2.24) is 0 Å². The van der Waals surface area contributed by atoms with E-state index in [-0.39, 0.29) is 80.9 Å². The van der Waals surface area contributed by atoms with E-state index in [1.807, 2.05) is 0 Å². The van der Waals surface area contributed by atoms with Gasteiger partial charge in [-0.1, -0.05) is 0 Å². The molecule has 0 aliphatic heterocycles. The smallest absolute Gasteiger partial charge is 0.467 e. The Balaban J connectivity index is -0.000000405. The summed E-state index contributed by atoms with van der Waals surface area (Å²) in [7, 11) is 0. The molecule has 0 unspecified atom stereocenters. The molecule has 0 aromatic carbocycles. The molecule has 0 saturated heterocycles. The van der Waals surface area contributed by atoms with Gasteiger partial charge in [-0.3, -0.25) is 0 Å². The van der Waals surface area contributed by atoms with Crippen molar-refractivity contribution in [2.24, 2.45) is 0 Å². The van der Waals surface area contributed by atoms with Gasteiger partial charge in [0.05, 0.1) is 0 Å². The fourth-order valence-electron chi connectivity index (χ4n) is 0.157. The summed E-state index contributed by atoms with van der Waals surface area (Å²) in [5, 5.41) is 18.7. The molecule has 9 heteroatoms. The molecule has 0 bridgehead atoms. The van der Waals surface area contributed by atoms with Crippen molar-refractivity contribution in [2.75, 3.05) is 0 Å². The van der Waals surface area contributed by atoms with Crippen LogP contribution in [0.5, 0.6) is 0 Å². The summed E-state index contributed by atoms with van der Waals surface area (Å²) in [5.41, 5.74) is 0. The van der Waals surface area contributed by atoms with Gasteiger partial charge in [0.15, 0.2) is 0 Å². The van der Waals surface area contributed by atoms with Gasteiger partial charge < -0.3 is 29.3 Å². The van der Waals surface area contributed by atoms with Gasteiger partial charge in [-0.2, -0.15) is 0 Å². The van der Waals surface area contributed by atoms with E-state index in [4.69, 9.17) is 0 Å². The fourth-order valence-corrected chi connectivity index (χ4v) is 0.157. The first-order valence-corrected chi connectivity index (χ1v) is 1.84. The average molecular weight is 210 g/mol. The second kappa shape index (κ2) is 9.93. The van der Waals surface area contributed by atoms with Crippen LogP contribution < -0.4 is 91.2 Å². The molecule has 0 radical (unpaired) electrons. The summed E-state index contributed by atoms with van der Waals surface area (Å²) in [6.45, 7) is 0. The minimum absolute atomic E-state index is 0. The second-order valence-electron chi connectivity index (χ2n) is 0.954. The molecule has 0 rings (SSSR count). The van der Waals surface area contributed by atoms with Crippen LogP contribution in [-0.2, 0) is 9.47 Å².